The summed E-state index contributed by atoms with van der Waals surface area (Å²) in [6, 6.07) is 0.471. The third-order valence-corrected chi connectivity index (χ3v) is 2.68. The van der Waals surface area contributed by atoms with Gasteiger partial charge in [-0.25, -0.2) is 4.84 Å². The molecule has 1 saturated heterocycles. The average molecular weight is 160 g/mol. The van der Waals surface area contributed by atoms with Crippen molar-refractivity contribution in [2.45, 2.75) is 19.9 Å². The molecular weight excluding hydrogens is 142 g/mol. The molecule has 0 radical (unpaired) electrons. The van der Waals surface area contributed by atoms with Crippen molar-refractivity contribution in [3.8, 4) is 0 Å². The van der Waals surface area contributed by atoms with Crippen molar-refractivity contribution in [1.82, 2.24) is 0 Å². The van der Waals surface area contributed by atoms with Crippen LogP contribution in [-0.2, 0) is 9.57 Å². The molecule has 0 aromatic rings. The van der Waals surface area contributed by atoms with E-state index >= 15 is 0 Å². The van der Waals surface area contributed by atoms with Gasteiger partial charge in [0.25, 0.3) is 0 Å². The zero-order valence-corrected chi connectivity index (χ0v) is 7.67. The van der Waals surface area contributed by atoms with Gasteiger partial charge in [-0.3, -0.25) is 0 Å². The summed E-state index contributed by atoms with van der Waals surface area (Å²) in [5, 5.41) is 0. The molecule has 0 aliphatic carbocycles. The summed E-state index contributed by atoms with van der Waals surface area (Å²) in [6.07, 6.45) is 0. The van der Waals surface area contributed by atoms with Crippen LogP contribution in [0, 0.1) is 0 Å². The first-order valence-electron chi connectivity index (χ1n) is 4.25. The molecule has 1 aliphatic heterocycles. The van der Waals surface area contributed by atoms with Crippen LogP contribution in [0.3, 0.4) is 0 Å². The monoisotopic (exact) mass is 160 g/mol. The first-order chi connectivity index (χ1) is 5.25. The number of nitrogens with zero attached hydrogens (tertiary/aromatic N) is 1. The summed E-state index contributed by atoms with van der Waals surface area (Å²) in [7, 11) is 1.78. The Balaban J connectivity index is 2.61. The van der Waals surface area contributed by atoms with Gasteiger partial charge in [0.1, 0.15) is 25.7 Å². The molecule has 2 unspecified atom stereocenters. The fourth-order valence-corrected chi connectivity index (χ4v) is 1.70. The van der Waals surface area contributed by atoms with Crippen LogP contribution in [0.25, 0.3) is 0 Å². The molecule has 3 nitrogen and oxygen atoms in total. The van der Waals surface area contributed by atoms with Crippen LogP contribution in [0.5, 0.6) is 0 Å². The van der Waals surface area contributed by atoms with Crippen LogP contribution in [-0.4, -0.2) is 44.1 Å². The van der Waals surface area contributed by atoms with Crippen molar-refractivity contribution in [3.05, 3.63) is 0 Å². The molecule has 11 heavy (non-hydrogen) atoms. The first kappa shape index (κ1) is 8.97. The molecule has 0 bridgehead atoms. The molecule has 0 saturated carbocycles. The minimum atomic E-state index is 0.471. The normalized spacial score (nSPS) is 39.0. The summed E-state index contributed by atoms with van der Waals surface area (Å²) < 4.78 is 6.10. The molecule has 0 N–H and O–H groups in total. The number of rotatable bonds is 2. The van der Waals surface area contributed by atoms with Crippen molar-refractivity contribution >= 4 is 0 Å². The molecule has 0 amide bonds. The first-order valence-corrected chi connectivity index (χ1v) is 4.25. The molecule has 66 valence electrons. The van der Waals surface area contributed by atoms with Crippen LogP contribution in [0.1, 0.15) is 13.8 Å². The Kier molecular flexibility index (Phi) is 2.87. The second-order valence-corrected chi connectivity index (χ2v) is 3.10. The predicted molar refractivity (Wildman–Crippen MR) is 43.0 cm³/mol. The lowest BCUT2D eigenvalue weighted by molar-refractivity contribution is -1.12. The van der Waals surface area contributed by atoms with Gasteiger partial charge in [0, 0.05) is 0 Å². The van der Waals surface area contributed by atoms with Gasteiger partial charge < -0.3 is 4.74 Å². The molecule has 1 aliphatic rings. The second-order valence-electron chi connectivity index (χ2n) is 3.10. The number of quaternary nitrogens is 1. The van der Waals surface area contributed by atoms with Crippen LogP contribution in [0.4, 0.5) is 0 Å². The zero-order valence-electron chi connectivity index (χ0n) is 7.67. The van der Waals surface area contributed by atoms with Crippen molar-refractivity contribution < 1.29 is 14.2 Å². The Labute approximate surface area is 68.4 Å². The van der Waals surface area contributed by atoms with E-state index in [9.17, 15) is 0 Å². The third-order valence-electron chi connectivity index (χ3n) is 2.68. The van der Waals surface area contributed by atoms with E-state index in [1.165, 1.54) is 0 Å². The molecule has 3 heteroatoms. The van der Waals surface area contributed by atoms with E-state index in [4.69, 9.17) is 9.57 Å². The highest BCUT2D eigenvalue weighted by atomic mass is 16.7. The van der Waals surface area contributed by atoms with Gasteiger partial charge in [-0.2, -0.15) is 4.65 Å². The molecule has 0 aromatic carbocycles. The molecule has 0 spiro atoms. The lowest BCUT2D eigenvalue weighted by Crippen LogP contribution is -2.59. The number of hydroxylamine groups is 3. The highest BCUT2D eigenvalue weighted by Gasteiger charge is 2.36. The highest BCUT2D eigenvalue weighted by molar-refractivity contribution is 4.53. The van der Waals surface area contributed by atoms with Gasteiger partial charge in [-0.15, -0.1) is 0 Å². The van der Waals surface area contributed by atoms with Crippen LogP contribution >= 0.6 is 0 Å². The van der Waals surface area contributed by atoms with Gasteiger partial charge in [0.15, 0.2) is 0 Å². The topological polar surface area (TPSA) is 18.5 Å². The zero-order chi connectivity index (χ0) is 8.32. The fourth-order valence-electron chi connectivity index (χ4n) is 1.70. The molecule has 1 fully saturated rings. The summed E-state index contributed by atoms with van der Waals surface area (Å²) in [6.45, 7) is 7.99. The molecule has 0 aromatic heterocycles. The Morgan fingerprint density at radius 2 is 2.36 bits per heavy atom. The lowest BCUT2D eigenvalue weighted by Gasteiger charge is -2.41. The summed E-state index contributed by atoms with van der Waals surface area (Å²) in [4.78, 5) is 5.50. The smallest absolute Gasteiger partial charge is 0.140 e. The number of hydrogen-bond donors (Lipinski definition) is 0. The van der Waals surface area contributed by atoms with Gasteiger partial charge in [-0.05, 0) is 13.8 Å². The Morgan fingerprint density at radius 3 is 2.73 bits per heavy atom. The van der Waals surface area contributed by atoms with Gasteiger partial charge >= 0.3 is 0 Å². The molecular formula is C8H18NO2+. The van der Waals surface area contributed by atoms with E-state index in [-0.39, 0.29) is 0 Å². The van der Waals surface area contributed by atoms with Crippen molar-refractivity contribution in [2.24, 2.45) is 0 Å². The fraction of sp³-hybridized carbons (Fsp3) is 1.00. The lowest BCUT2D eigenvalue weighted by atomic mass is 10.2. The minimum absolute atomic E-state index is 0.471. The summed E-state index contributed by atoms with van der Waals surface area (Å²) in [5.74, 6) is 0. The summed E-state index contributed by atoms with van der Waals surface area (Å²) in [5.41, 5.74) is 0. The van der Waals surface area contributed by atoms with Crippen molar-refractivity contribution in [3.63, 3.8) is 0 Å². The predicted octanol–water partition coefficient (Wildman–Crippen LogP) is 0.803. The Morgan fingerprint density at radius 1 is 1.64 bits per heavy atom. The van der Waals surface area contributed by atoms with Crippen molar-refractivity contribution in [2.75, 3.05) is 33.4 Å². The maximum absolute atomic E-state index is 5.50. The van der Waals surface area contributed by atoms with Crippen LogP contribution in [0.2, 0.25) is 0 Å². The molecule has 1 rings (SSSR count). The van der Waals surface area contributed by atoms with Crippen molar-refractivity contribution in [1.29, 1.82) is 0 Å². The number of morpholine rings is 1. The van der Waals surface area contributed by atoms with E-state index in [0.717, 1.165) is 30.9 Å². The maximum atomic E-state index is 5.50. The van der Waals surface area contributed by atoms with E-state index < -0.39 is 0 Å². The van der Waals surface area contributed by atoms with Crippen LogP contribution in [0.15, 0.2) is 0 Å². The largest absolute Gasteiger partial charge is 0.369 e. The van der Waals surface area contributed by atoms with E-state index in [0.29, 0.717) is 6.04 Å². The van der Waals surface area contributed by atoms with E-state index in [2.05, 4.69) is 13.8 Å². The Bertz CT molecular complexity index is 123. The molecule has 2 atom stereocenters. The third kappa shape index (κ3) is 1.55. The maximum Gasteiger partial charge on any atom is 0.140 e. The number of ether oxygens (including phenoxy) is 1. The van der Waals surface area contributed by atoms with Gasteiger partial charge in [0.05, 0.1) is 13.7 Å². The second kappa shape index (κ2) is 3.52. The minimum Gasteiger partial charge on any atom is -0.369 e. The highest BCUT2D eigenvalue weighted by Crippen LogP contribution is 2.17. The Hall–Kier alpha value is -0.120. The number of hydrogen-bond acceptors (Lipinski definition) is 2. The molecule has 1 heterocycles. The standard InChI is InChI=1S/C8H18NO2/c1-4-9(10-3)5-6-11-7-8(9)2/h8H,4-7H2,1-3H3/q+1. The summed E-state index contributed by atoms with van der Waals surface area (Å²) >= 11 is 0. The quantitative estimate of drug-likeness (QED) is 0.556. The van der Waals surface area contributed by atoms with Gasteiger partial charge in [0.2, 0.25) is 0 Å². The number of likely N-dealkylation sites (N-methyl/N-ethyl adjacent to an activating group) is 1. The van der Waals surface area contributed by atoms with E-state index in [1.807, 2.05) is 0 Å². The van der Waals surface area contributed by atoms with Crippen LogP contribution < -0.4 is 0 Å². The van der Waals surface area contributed by atoms with E-state index in [1.54, 1.807) is 7.11 Å². The SMILES string of the molecule is CC[N+]1(OC)CCOCC1C. The average Bonchev–Trinajstić information content (AvgIpc) is 2.06. The van der Waals surface area contributed by atoms with Gasteiger partial charge in [-0.1, -0.05) is 0 Å².